The van der Waals surface area contributed by atoms with Crippen molar-refractivity contribution in [1.82, 2.24) is 10.3 Å². The van der Waals surface area contributed by atoms with E-state index in [1.54, 1.807) is 18.2 Å². The first-order chi connectivity index (χ1) is 12.0. The summed E-state index contributed by atoms with van der Waals surface area (Å²) < 4.78 is 5.87. The van der Waals surface area contributed by atoms with Crippen LogP contribution in [-0.4, -0.2) is 30.4 Å². The Bertz CT molecular complexity index is 772. The standard InChI is InChI=1S/C18H22N4O3.2ClH/c1-12-5-6-14(22-17(23)4-3-8-19)16(10-12)25-13-7-9-21-15(11-13)18(24)20-2;;/h5-7,9-11H,3-4,8,19H2,1-2H3,(H,20,24)(H,22,23);2*1H. The van der Waals surface area contributed by atoms with Crippen LogP contribution < -0.4 is 21.1 Å². The van der Waals surface area contributed by atoms with Gasteiger partial charge < -0.3 is 21.1 Å². The summed E-state index contributed by atoms with van der Waals surface area (Å²) >= 11 is 0. The molecule has 1 heterocycles. The zero-order valence-corrected chi connectivity index (χ0v) is 16.8. The fourth-order valence-electron chi connectivity index (χ4n) is 2.15. The number of nitrogens with zero attached hydrogens (tertiary/aromatic N) is 1. The fraction of sp³-hybridized carbons (Fsp3) is 0.278. The molecule has 2 rings (SSSR count). The molecule has 9 heteroatoms. The number of halogens is 2. The van der Waals surface area contributed by atoms with Crippen LogP contribution in [0.25, 0.3) is 0 Å². The minimum absolute atomic E-state index is 0. The Hall–Kier alpha value is -2.35. The molecule has 2 amide bonds. The van der Waals surface area contributed by atoms with Gasteiger partial charge in [-0.15, -0.1) is 24.8 Å². The van der Waals surface area contributed by atoms with E-state index >= 15 is 0 Å². The van der Waals surface area contributed by atoms with Crippen molar-refractivity contribution in [3.63, 3.8) is 0 Å². The predicted molar refractivity (Wildman–Crippen MR) is 110 cm³/mol. The second kappa shape index (κ2) is 12.1. The van der Waals surface area contributed by atoms with Gasteiger partial charge in [0.25, 0.3) is 5.91 Å². The third kappa shape index (κ3) is 7.42. The SMILES string of the molecule is CNC(=O)c1cc(Oc2cc(C)ccc2NC(=O)CCCN)ccn1.Cl.Cl. The van der Waals surface area contributed by atoms with E-state index in [0.717, 1.165) is 5.56 Å². The van der Waals surface area contributed by atoms with Crippen LogP contribution in [0.3, 0.4) is 0 Å². The second-order valence-electron chi connectivity index (χ2n) is 5.50. The average Bonchev–Trinajstić information content (AvgIpc) is 2.61. The summed E-state index contributed by atoms with van der Waals surface area (Å²) in [6.45, 7) is 2.39. The zero-order chi connectivity index (χ0) is 18.2. The van der Waals surface area contributed by atoms with Gasteiger partial charge in [-0.3, -0.25) is 14.6 Å². The van der Waals surface area contributed by atoms with Gasteiger partial charge in [0, 0.05) is 25.7 Å². The molecular formula is C18H24Cl2N4O3. The van der Waals surface area contributed by atoms with E-state index in [1.807, 2.05) is 19.1 Å². The van der Waals surface area contributed by atoms with E-state index < -0.39 is 0 Å². The molecular weight excluding hydrogens is 391 g/mol. The van der Waals surface area contributed by atoms with Gasteiger partial charge in [0.15, 0.2) is 5.75 Å². The molecule has 0 radical (unpaired) electrons. The van der Waals surface area contributed by atoms with E-state index in [4.69, 9.17) is 10.5 Å². The van der Waals surface area contributed by atoms with Crippen LogP contribution in [0.2, 0.25) is 0 Å². The first-order valence-corrected chi connectivity index (χ1v) is 8.00. The number of rotatable bonds is 7. The summed E-state index contributed by atoms with van der Waals surface area (Å²) in [5, 5.41) is 5.34. The van der Waals surface area contributed by atoms with E-state index in [1.165, 1.54) is 13.2 Å². The molecule has 0 aliphatic carbocycles. The fourth-order valence-corrected chi connectivity index (χ4v) is 2.15. The summed E-state index contributed by atoms with van der Waals surface area (Å²) in [7, 11) is 1.53. The summed E-state index contributed by atoms with van der Waals surface area (Å²) in [5.41, 5.74) is 7.22. The quantitative estimate of drug-likeness (QED) is 0.645. The van der Waals surface area contributed by atoms with Crippen molar-refractivity contribution < 1.29 is 14.3 Å². The average molecular weight is 415 g/mol. The smallest absolute Gasteiger partial charge is 0.269 e. The van der Waals surface area contributed by atoms with Gasteiger partial charge in [-0.2, -0.15) is 0 Å². The number of nitrogens with one attached hydrogen (secondary N) is 2. The lowest BCUT2D eigenvalue weighted by Gasteiger charge is -2.13. The molecule has 1 aromatic heterocycles. The monoisotopic (exact) mass is 414 g/mol. The maximum Gasteiger partial charge on any atom is 0.269 e. The Morgan fingerprint density at radius 3 is 2.59 bits per heavy atom. The molecule has 0 fully saturated rings. The number of aromatic nitrogens is 1. The number of ether oxygens (including phenoxy) is 1. The molecule has 0 spiro atoms. The highest BCUT2D eigenvalue weighted by molar-refractivity contribution is 5.93. The number of hydrogen-bond acceptors (Lipinski definition) is 5. The Balaban J connectivity index is 0.00000338. The first-order valence-electron chi connectivity index (χ1n) is 8.00. The van der Waals surface area contributed by atoms with Crippen molar-refractivity contribution in [1.29, 1.82) is 0 Å². The number of carbonyl (C=O) groups is 2. The van der Waals surface area contributed by atoms with E-state index in [2.05, 4.69) is 15.6 Å². The first kappa shape index (κ1) is 24.7. The second-order valence-corrected chi connectivity index (χ2v) is 5.50. The lowest BCUT2D eigenvalue weighted by molar-refractivity contribution is -0.116. The van der Waals surface area contributed by atoms with E-state index in [9.17, 15) is 9.59 Å². The molecule has 2 aromatic rings. The third-order valence-corrected chi connectivity index (χ3v) is 3.44. The highest BCUT2D eigenvalue weighted by Crippen LogP contribution is 2.31. The van der Waals surface area contributed by atoms with Gasteiger partial charge in [0.2, 0.25) is 5.91 Å². The van der Waals surface area contributed by atoms with Crippen LogP contribution >= 0.6 is 24.8 Å². The summed E-state index contributed by atoms with van der Waals surface area (Å²) in [4.78, 5) is 27.6. The summed E-state index contributed by atoms with van der Waals surface area (Å²) in [6, 6.07) is 8.67. The minimum atomic E-state index is -0.301. The van der Waals surface area contributed by atoms with Gasteiger partial charge in [-0.25, -0.2) is 0 Å². The van der Waals surface area contributed by atoms with Gasteiger partial charge in [-0.05, 0) is 43.7 Å². The van der Waals surface area contributed by atoms with Crippen molar-refractivity contribution in [2.24, 2.45) is 5.73 Å². The molecule has 0 bridgehead atoms. The molecule has 0 aliphatic rings. The molecule has 7 nitrogen and oxygen atoms in total. The van der Waals surface area contributed by atoms with Crippen LogP contribution in [0, 0.1) is 6.92 Å². The topological polar surface area (TPSA) is 106 Å². The minimum Gasteiger partial charge on any atom is -0.455 e. The molecule has 0 aliphatic heterocycles. The molecule has 4 N–H and O–H groups in total. The molecule has 0 saturated heterocycles. The number of carbonyl (C=O) groups excluding carboxylic acids is 2. The number of nitrogens with two attached hydrogens (primary N) is 1. The molecule has 0 unspecified atom stereocenters. The van der Waals surface area contributed by atoms with Crippen molar-refractivity contribution in [2.45, 2.75) is 19.8 Å². The maximum absolute atomic E-state index is 12.0. The van der Waals surface area contributed by atoms with Crippen LogP contribution in [0.1, 0.15) is 28.9 Å². The molecule has 27 heavy (non-hydrogen) atoms. The number of anilines is 1. The lowest BCUT2D eigenvalue weighted by atomic mass is 10.2. The number of amides is 2. The normalized spacial score (nSPS) is 9.44. The number of hydrogen-bond donors (Lipinski definition) is 3. The molecule has 1 aromatic carbocycles. The van der Waals surface area contributed by atoms with E-state index in [-0.39, 0.29) is 42.3 Å². The van der Waals surface area contributed by atoms with Crippen LogP contribution in [0.4, 0.5) is 5.69 Å². The number of benzene rings is 1. The largest absolute Gasteiger partial charge is 0.455 e. The van der Waals surface area contributed by atoms with Crippen LogP contribution in [0.15, 0.2) is 36.5 Å². The van der Waals surface area contributed by atoms with Gasteiger partial charge in [0.1, 0.15) is 11.4 Å². The predicted octanol–water partition coefficient (Wildman–Crippen LogP) is 3.06. The van der Waals surface area contributed by atoms with Crippen molar-refractivity contribution in [3.05, 3.63) is 47.8 Å². The maximum atomic E-state index is 12.0. The van der Waals surface area contributed by atoms with Gasteiger partial charge in [0.05, 0.1) is 5.69 Å². The van der Waals surface area contributed by atoms with Gasteiger partial charge in [-0.1, -0.05) is 6.07 Å². The Morgan fingerprint density at radius 1 is 1.19 bits per heavy atom. The summed E-state index contributed by atoms with van der Waals surface area (Å²) in [6.07, 6.45) is 2.46. The Kier molecular flexibility index (Phi) is 11.1. The molecule has 0 atom stereocenters. The third-order valence-electron chi connectivity index (χ3n) is 3.44. The highest BCUT2D eigenvalue weighted by Gasteiger charge is 2.11. The van der Waals surface area contributed by atoms with Crippen molar-refractivity contribution in [2.75, 3.05) is 18.9 Å². The zero-order valence-electron chi connectivity index (χ0n) is 15.2. The van der Waals surface area contributed by atoms with Crippen LogP contribution in [-0.2, 0) is 4.79 Å². The van der Waals surface area contributed by atoms with Crippen molar-refractivity contribution >= 4 is 42.3 Å². The van der Waals surface area contributed by atoms with E-state index in [0.29, 0.717) is 36.6 Å². The number of pyridine rings is 1. The Labute approximate surface area is 170 Å². The Morgan fingerprint density at radius 2 is 1.93 bits per heavy atom. The molecule has 148 valence electrons. The number of aryl methyl sites for hydroxylation is 1. The van der Waals surface area contributed by atoms with Crippen LogP contribution in [0.5, 0.6) is 11.5 Å². The highest BCUT2D eigenvalue weighted by atomic mass is 35.5. The lowest BCUT2D eigenvalue weighted by Crippen LogP contribution is -2.19. The summed E-state index contributed by atoms with van der Waals surface area (Å²) in [5.74, 6) is 0.525. The van der Waals surface area contributed by atoms with Crippen molar-refractivity contribution in [3.8, 4) is 11.5 Å². The molecule has 0 saturated carbocycles. The van der Waals surface area contributed by atoms with Gasteiger partial charge >= 0.3 is 0 Å².